The van der Waals surface area contributed by atoms with Crippen LogP contribution in [0.15, 0.2) is 22.7 Å². The van der Waals surface area contributed by atoms with E-state index in [0.29, 0.717) is 5.88 Å². The molecule has 0 radical (unpaired) electrons. The van der Waals surface area contributed by atoms with E-state index in [-0.39, 0.29) is 0 Å². The van der Waals surface area contributed by atoms with E-state index >= 15 is 0 Å². The van der Waals surface area contributed by atoms with E-state index in [4.69, 9.17) is 16.3 Å². The van der Waals surface area contributed by atoms with Gasteiger partial charge in [-0.25, -0.2) is 0 Å². The molecule has 1 heterocycles. The zero-order valence-corrected chi connectivity index (χ0v) is 12.1. The van der Waals surface area contributed by atoms with Crippen LogP contribution in [0.1, 0.15) is 18.4 Å². The second-order valence-electron chi connectivity index (χ2n) is 4.28. The molecule has 0 saturated carbocycles. The average Bonchev–Trinajstić information content (AvgIpc) is 2.84. The Morgan fingerprint density at radius 2 is 2.06 bits per heavy atom. The Labute approximate surface area is 116 Å². The van der Waals surface area contributed by atoms with Crippen molar-refractivity contribution >= 4 is 27.5 Å². The molecule has 2 rings (SSSR count). The van der Waals surface area contributed by atoms with Gasteiger partial charge < -0.3 is 4.74 Å². The minimum Gasteiger partial charge on any atom is -0.492 e. The quantitative estimate of drug-likeness (QED) is 0.768. The monoisotopic (exact) mass is 317 g/mol. The summed E-state index contributed by atoms with van der Waals surface area (Å²) in [6, 6.07) is 5.98. The van der Waals surface area contributed by atoms with Crippen LogP contribution in [0.25, 0.3) is 0 Å². The van der Waals surface area contributed by atoms with Gasteiger partial charge in [-0.1, -0.05) is 15.9 Å². The van der Waals surface area contributed by atoms with Crippen LogP contribution in [0, 0.1) is 0 Å². The highest BCUT2D eigenvalue weighted by atomic mass is 79.9. The van der Waals surface area contributed by atoms with Crippen molar-refractivity contribution in [1.29, 1.82) is 0 Å². The van der Waals surface area contributed by atoms with Crippen LogP contribution in [-0.4, -0.2) is 31.1 Å². The first-order valence-corrected chi connectivity index (χ1v) is 7.32. The highest BCUT2D eigenvalue weighted by molar-refractivity contribution is 9.10. The summed E-state index contributed by atoms with van der Waals surface area (Å²) in [7, 11) is 0. The van der Waals surface area contributed by atoms with E-state index in [1.165, 1.54) is 25.9 Å². The lowest BCUT2D eigenvalue weighted by atomic mass is 10.2. The van der Waals surface area contributed by atoms with E-state index in [0.717, 1.165) is 28.9 Å². The Bertz CT molecular complexity index is 366. The first-order valence-electron chi connectivity index (χ1n) is 5.99. The number of hydrogen-bond donors (Lipinski definition) is 0. The van der Waals surface area contributed by atoms with Gasteiger partial charge >= 0.3 is 0 Å². The topological polar surface area (TPSA) is 12.5 Å². The molecule has 1 aliphatic heterocycles. The summed E-state index contributed by atoms with van der Waals surface area (Å²) in [5.41, 5.74) is 1.04. The van der Waals surface area contributed by atoms with Gasteiger partial charge in [0, 0.05) is 16.6 Å². The van der Waals surface area contributed by atoms with E-state index in [2.05, 4.69) is 20.8 Å². The minimum absolute atomic E-state index is 0.485. The number of alkyl halides is 1. The van der Waals surface area contributed by atoms with E-state index in [9.17, 15) is 0 Å². The molecule has 0 aromatic heterocycles. The number of nitrogens with zero attached hydrogens (tertiary/aromatic N) is 1. The third-order valence-electron chi connectivity index (χ3n) is 3.03. The highest BCUT2D eigenvalue weighted by Crippen LogP contribution is 2.24. The maximum Gasteiger partial charge on any atom is 0.123 e. The highest BCUT2D eigenvalue weighted by Gasteiger charge is 2.11. The van der Waals surface area contributed by atoms with Crippen molar-refractivity contribution in [3.8, 4) is 5.75 Å². The van der Waals surface area contributed by atoms with Crippen molar-refractivity contribution in [2.45, 2.75) is 18.7 Å². The lowest BCUT2D eigenvalue weighted by Gasteiger charge is -2.16. The van der Waals surface area contributed by atoms with Gasteiger partial charge in [-0.2, -0.15) is 0 Å². The number of halogens is 2. The molecule has 1 saturated heterocycles. The van der Waals surface area contributed by atoms with Gasteiger partial charge in [-0.15, -0.1) is 11.6 Å². The third kappa shape index (κ3) is 3.87. The van der Waals surface area contributed by atoms with Crippen molar-refractivity contribution in [1.82, 2.24) is 4.90 Å². The molecule has 1 aliphatic rings. The number of likely N-dealkylation sites (tertiary alicyclic amines) is 1. The van der Waals surface area contributed by atoms with Crippen LogP contribution in [-0.2, 0) is 5.88 Å². The molecule has 17 heavy (non-hydrogen) atoms. The van der Waals surface area contributed by atoms with Crippen molar-refractivity contribution in [3.63, 3.8) is 0 Å². The molecule has 0 bridgehead atoms. The van der Waals surface area contributed by atoms with Crippen LogP contribution in [0.5, 0.6) is 5.75 Å². The number of hydrogen-bond acceptors (Lipinski definition) is 2. The Morgan fingerprint density at radius 1 is 1.29 bits per heavy atom. The van der Waals surface area contributed by atoms with Gasteiger partial charge in [0.2, 0.25) is 0 Å². The fraction of sp³-hybridized carbons (Fsp3) is 0.538. The molecule has 1 fully saturated rings. The predicted octanol–water partition coefficient (Wildman–Crippen LogP) is 3.66. The van der Waals surface area contributed by atoms with Gasteiger partial charge in [-0.3, -0.25) is 4.90 Å². The van der Waals surface area contributed by atoms with Crippen LogP contribution < -0.4 is 4.74 Å². The van der Waals surface area contributed by atoms with Gasteiger partial charge in [0.05, 0.1) is 5.88 Å². The fourth-order valence-corrected chi connectivity index (χ4v) is 2.70. The molecule has 94 valence electrons. The summed E-state index contributed by atoms with van der Waals surface area (Å²) in [5.74, 6) is 1.39. The van der Waals surface area contributed by atoms with Crippen molar-refractivity contribution < 1.29 is 4.74 Å². The Balaban J connectivity index is 1.85. The van der Waals surface area contributed by atoms with Crippen molar-refractivity contribution in [3.05, 3.63) is 28.2 Å². The summed E-state index contributed by atoms with van der Waals surface area (Å²) < 4.78 is 6.84. The molecule has 0 spiro atoms. The minimum atomic E-state index is 0.485. The lowest BCUT2D eigenvalue weighted by molar-refractivity contribution is 0.236. The van der Waals surface area contributed by atoms with Gasteiger partial charge in [-0.05, 0) is 44.1 Å². The number of benzene rings is 1. The summed E-state index contributed by atoms with van der Waals surface area (Å²) in [6.45, 7) is 4.18. The molecule has 2 nitrogen and oxygen atoms in total. The van der Waals surface area contributed by atoms with Gasteiger partial charge in [0.25, 0.3) is 0 Å². The normalized spacial score (nSPS) is 16.4. The van der Waals surface area contributed by atoms with Crippen LogP contribution >= 0.6 is 27.5 Å². The smallest absolute Gasteiger partial charge is 0.123 e. The van der Waals surface area contributed by atoms with Crippen LogP contribution in [0.3, 0.4) is 0 Å². The molecule has 0 atom stereocenters. The predicted molar refractivity (Wildman–Crippen MR) is 74.9 cm³/mol. The molecule has 0 amide bonds. The summed E-state index contributed by atoms with van der Waals surface area (Å²) in [5, 5.41) is 0. The second kappa shape index (κ2) is 6.62. The first-order chi connectivity index (χ1) is 8.29. The molecule has 4 heteroatoms. The fourth-order valence-electron chi connectivity index (χ4n) is 2.08. The first kappa shape index (κ1) is 13.2. The average molecular weight is 319 g/mol. The maximum atomic E-state index is 5.90. The van der Waals surface area contributed by atoms with Crippen LogP contribution in [0.2, 0.25) is 0 Å². The third-order valence-corrected chi connectivity index (χ3v) is 3.81. The van der Waals surface area contributed by atoms with Gasteiger partial charge in [0.1, 0.15) is 12.4 Å². The van der Waals surface area contributed by atoms with E-state index in [1.54, 1.807) is 0 Å². The van der Waals surface area contributed by atoms with Crippen LogP contribution in [0.4, 0.5) is 0 Å². The number of ether oxygens (including phenoxy) is 1. The Morgan fingerprint density at radius 3 is 2.76 bits per heavy atom. The number of rotatable bonds is 5. The summed E-state index contributed by atoms with van der Waals surface area (Å²) >= 11 is 9.34. The molecule has 0 unspecified atom stereocenters. The zero-order valence-electron chi connectivity index (χ0n) is 9.79. The lowest BCUT2D eigenvalue weighted by Crippen LogP contribution is -2.25. The van der Waals surface area contributed by atoms with Crippen molar-refractivity contribution in [2.24, 2.45) is 0 Å². The molecule has 0 N–H and O–H groups in total. The standard InChI is InChI=1S/C13H17BrClNO/c14-12-3-4-13(11(9-12)10-15)17-8-7-16-5-1-2-6-16/h3-4,9H,1-2,5-8,10H2. The molecule has 1 aromatic carbocycles. The Kier molecular flexibility index (Phi) is 5.14. The largest absolute Gasteiger partial charge is 0.492 e. The molecular formula is C13H17BrClNO. The summed E-state index contributed by atoms with van der Waals surface area (Å²) in [6.07, 6.45) is 2.65. The molecule has 0 aliphatic carbocycles. The second-order valence-corrected chi connectivity index (χ2v) is 5.47. The van der Waals surface area contributed by atoms with Crippen molar-refractivity contribution in [2.75, 3.05) is 26.2 Å². The SMILES string of the molecule is ClCc1cc(Br)ccc1OCCN1CCCC1. The van der Waals surface area contributed by atoms with E-state index < -0.39 is 0 Å². The Hall–Kier alpha value is -0.250. The van der Waals surface area contributed by atoms with E-state index in [1.807, 2.05) is 18.2 Å². The van der Waals surface area contributed by atoms with Gasteiger partial charge in [0.15, 0.2) is 0 Å². The molecule has 1 aromatic rings. The summed E-state index contributed by atoms with van der Waals surface area (Å²) in [4.78, 5) is 2.44. The molecular weight excluding hydrogens is 302 g/mol. The zero-order chi connectivity index (χ0) is 12.1. The maximum absolute atomic E-state index is 5.90.